The van der Waals surface area contributed by atoms with Crippen LogP contribution in [0.4, 0.5) is 0 Å². The molecule has 0 bridgehead atoms. The fraction of sp³-hybridized carbons (Fsp3) is 0.286. The molecule has 2 aromatic rings. The summed E-state index contributed by atoms with van der Waals surface area (Å²) in [6, 6.07) is 7.41. The van der Waals surface area contributed by atoms with Crippen LogP contribution in [0.15, 0.2) is 30.6 Å². The maximum atomic E-state index is 6.09. The molecule has 0 amide bonds. The minimum atomic E-state index is 0.432. The van der Waals surface area contributed by atoms with Crippen LogP contribution in [0.1, 0.15) is 18.9 Å². The first-order valence-corrected chi connectivity index (χ1v) is 6.44. The molecule has 19 heavy (non-hydrogen) atoms. The summed E-state index contributed by atoms with van der Waals surface area (Å²) >= 11 is 6.09. The van der Waals surface area contributed by atoms with E-state index in [1.807, 2.05) is 24.3 Å². The first kappa shape index (κ1) is 13.6. The van der Waals surface area contributed by atoms with Crippen LogP contribution < -0.4 is 9.47 Å². The van der Waals surface area contributed by atoms with Gasteiger partial charge in [0.05, 0.1) is 12.7 Å². The zero-order valence-electron chi connectivity index (χ0n) is 10.9. The number of methoxy groups -OCH3 is 1. The number of halogens is 1. The molecule has 100 valence electrons. The molecule has 2 rings (SSSR count). The Hall–Kier alpha value is -1.81. The predicted octanol–water partition coefficient (Wildman–Crippen LogP) is 3.88. The number of nitrogens with zero attached hydrogens (tertiary/aromatic N) is 2. The molecule has 0 aliphatic carbocycles. The highest BCUT2D eigenvalue weighted by Gasteiger charge is 2.13. The topological polar surface area (TPSA) is 44.2 Å². The fourth-order valence-corrected chi connectivity index (χ4v) is 1.95. The monoisotopic (exact) mass is 278 g/mol. The Bertz CT molecular complexity index is 561. The highest BCUT2D eigenvalue weighted by molar-refractivity contribution is 6.30. The molecule has 0 saturated heterocycles. The van der Waals surface area contributed by atoms with E-state index in [4.69, 9.17) is 21.1 Å². The maximum Gasteiger partial charge on any atom is 0.227 e. The summed E-state index contributed by atoms with van der Waals surface area (Å²) < 4.78 is 11.1. The van der Waals surface area contributed by atoms with Gasteiger partial charge in [0.25, 0.3) is 0 Å². The van der Waals surface area contributed by atoms with E-state index in [-0.39, 0.29) is 0 Å². The Morgan fingerprint density at radius 2 is 1.89 bits per heavy atom. The van der Waals surface area contributed by atoms with Gasteiger partial charge < -0.3 is 9.47 Å². The molecule has 1 aromatic carbocycles. The maximum absolute atomic E-state index is 6.09. The predicted molar refractivity (Wildman–Crippen MR) is 74.1 cm³/mol. The van der Waals surface area contributed by atoms with Gasteiger partial charge in [-0.3, -0.25) is 0 Å². The van der Waals surface area contributed by atoms with E-state index >= 15 is 0 Å². The third-order valence-corrected chi connectivity index (χ3v) is 2.95. The average molecular weight is 279 g/mol. The van der Waals surface area contributed by atoms with E-state index in [1.54, 1.807) is 7.11 Å². The Morgan fingerprint density at radius 1 is 1.16 bits per heavy atom. The summed E-state index contributed by atoms with van der Waals surface area (Å²) in [5, 5.41) is 0.432. The number of hydrogen-bond donors (Lipinski definition) is 0. The molecule has 1 aromatic heterocycles. The van der Waals surface area contributed by atoms with Gasteiger partial charge in [0.15, 0.2) is 11.5 Å². The van der Waals surface area contributed by atoms with Gasteiger partial charge >= 0.3 is 0 Å². The number of ether oxygens (including phenoxy) is 2. The quantitative estimate of drug-likeness (QED) is 0.779. The normalized spacial score (nSPS) is 10.3. The second-order valence-corrected chi connectivity index (χ2v) is 4.31. The van der Waals surface area contributed by atoms with Crippen LogP contribution in [0, 0.1) is 0 Å². The van der Waals surface area contributed by atoms with Crippen molar-refractivity contribution in [3.63, 3.8) is 0 Å². The summed E-state index contributed by atoms with van der Waals surface area (Å²) in [5.74, 6) is 1.74. The number of rotatable bonds is 5. The van der Waals surface area contributed by atoms with Crippen LogP contribution >= 0.6 is 11.6 Å². The lowest BCUT2D eigenvalue weighted by atomic mass is 10.2. The van der Waals surface area contributed by atoms with Gasteiger partial charge in [-0.25, -0.2) is 9.97 Å². The van der Waals surface area contributed by atoms with Gasteiger partial charge in [0.1, 0.15) is 11.5 Å². The van der Waals surface area contributed by atoms with Gasteiger partial charge in [-0.15, -0.1) is 0 Å². The number of aromatic nitrogens is 2. The van der Waals surface area contributed by atoms with Crippen molar-refractivity contribution in [2.75, 3.05) is 7.11 Å². The molecule has 0 unspecified atom stereocenters. The summed E-state index contributed by atoms with van der Waals surface area (Å²) in [6.45, 7) is 2.07. The number of para-hydroxylation sites is 2. The smallest absolute Gasteiger partial charge is 0.227 e. The van der Waals surface area contributed by atoms with Crippen LogP contribution in [-0.2, 0) is 6.42 Å². The zero-order chi connectivity index (χ0) is 13.7. The molecule has 0 spiro atoms. The van der Waals surface area contributed by atoms with E-state index < -0.39 is 0 Å². The van der Waals surface area contributed by atoms with Crippen molar-refractivity contribution in [3.8, 4) is 17.4 Å². The van der Waals surface area contributed by atoms with Crippen molar-refractivity contribution in [3.05, 3.63) is 41.3 Å². The van der Waals surface area contributed by atoms with Crippen molar-refractivity contribution in [1.29, 1.82) is 0 Å². The molecular weight excluding hydrogens is 264 g/mol. The van der Waals surface area contributed by atoms with Crippen molar-refractivity contribution in [2.24, 2.45) is 0 Å². The molecular formula is C14H15ClN2O2. The molecule has 0 aliphatic rings. The number of benzene rings is 1. The van der Waals surface area contributed by atoms with E-state index in [1.165, 1.54) is 6.33 Å². The van der Waals surface area contributed by atoms with Gasteiger partial charge in [-0.05, 0) is 18.6 Å². The van der Waals surface area contributed by atoms with Crippen LogP contribution in [0.3, 0.4) is 0 Å². The van der Waals surface area contributed by atoms with Gasteiger partial charge in [-0.1, -0.05) is 37.1 Å². The largest absolute Gasteiger partial charge is 0.493 e. The first-order chi connectivity index (χ1) is 9.26. The molecule has 0 N–H and O–H groups in total. The summed E-state index contributed by atoms with van der Waals surface area (Å²) in [5.41, 5.74) is 0.817. The molecule has 5 heteroatoms. The third kappa shape index (κ3) is 3.15. The van der Waals surface area contributed by atoms with Gasteiger partial charge in [-0.2, -0.15) is 0 Å². The summed E-state index contributed by atoms with van der Waals surface area (Å²) in [6.07, 6.45) is 3.10. The molecule has 0 aliphatic heterocycles. The van der Waals surface area contributed by atoms with Crippen LogP contribution in [0.25, 0.3) is 0 Å². The fourth-order valence-electron chi connectivity index (χ4n) is 1.73. The molecule has 4 nitrogen and oxygen atoms in total. The Balaban J connectivity index is 2.35. The van der Waals surface area contributed by atoms with Crippen LogP contribution in [0.2, 0.25) is 5.15 Å². The summed E-state index contributed by atoms with van der Waals surface area (Å²) in [4.78, 5) is 8.14. The standard InChI is InChI=1S/C14H15ClN2O2/c1-3-6-10-13(15)16-9-17-14(10)19-12-8-5-4-7-11(12)18-2/h4-5,7-9H,3,6H2,1-2H3. The molecule has 0 fully saturated rings. The van der Waals surface area contributed by atoms with Gasteiger partial charge in [0, 0.05) is 0 Å². The Morgan fingerprint density at radius 3 is 2.58 bits per heavy atom. The summed E-state index contributed by atoms with van der Waals surface area (Å²) in [7, 11) is 1.60. The molecule has 0 radical (unpaired) electrons. The third-order valence-electron chi connectivity index (χ3n) is 2.63. The van der Waals surface area contributed by atoms with Crippen LogP contribution in [0.5, 0.6) is 17.4 Å². The van der Waals surface area contributed by atoms with Gasteiger partial charge in [0.2, 0.25) is 5.88 Å². The van der Waals surface area contributed by atoms with Crippen LogP contribution in [-0.4, -0.2) is 17.1 Å². The Kier molecular flexibility index (Phi) is 4.58. The van der Waals surface area contributed by atoms with E-state index in [2.05, 4.69) is 16.9 Å². The van der Waals surface area contributed by atoms with Crippen molar-refractivity contribution >= 4 is 11.6 Å². The minimum Gasteiger partial charge on any atom is -0.493 e. The minimum absolute atomic E-state index is 0.432. The van der Waals surface area contributed by atoms with E-state index in [0.717, 1.165) is 18.4 Å². The van der Waals surface area contributed by atoms with Crippen molar-refractivity contribution < 1.29 is 9.47 Å². The first-order valence-electron chi connectivity index (χ1n) is 6.06. The zero-order valence-corrected chi connectivity index (χ0v) is 11.6. The average Bonchev–Trinajstić information content (AvgIpc) is 2.43. The van der Waals surface area contributed by atoms with E-state index in [9.17, 15) is 0 Å². The highest BCUT2D eigenvalue weighted by atomic mass is 35.5. The van der Waals surface area contributed by atoms with Crippen molar-refractivity contribution in [1.82, 2.24) is 9.97 Å². The SMILES string of the molecule is CCCc1c(Cl)ncnc1Oc1ccccc1OC. The second-order valence-electron chi connectivity index (χ2n) is 3.95. The number of hydrogen-bond acceptors (Lipinski definition) is 4. The highest BCUT2D eigenvalue weighted by Crippen LogP contribution is 2.33. The Labute approximate surface area is 117 Å². The lowest BCUT2D eigenvalue weighted by Crippen LogP contribution is -1.98. The molecule has 1 heterocycles. The lowest BCUT2D eigenvalue weighted by molar-refractivity contribution is 0.372. The molecule has 0 atom stereocenters. The second kappa shape index (κ2) is 6.38. The lowest BCUT2D eigenvalue weighted by Gasteiger charge is -2.12. The van der Waals surface area contributed by atoms with E-state index in [0.29, 0.717) is 22.5 Å². The van der Waals surface area contributed by atoms with Crippen molar-refractivity contribution in [2.45, 2.75) is 19.8 Å². The molecule has 0 saturated carbocycles.